The first-order valence-corrected chi connectivity index (χ1v) is 7.22. The quantitative estimate of drug-likeness (QED) is 0.897. The van der Waals surface area contributed by atoms with Gasteiger partial charge < -0.3 is 10.1 Å². The Kier molecular flexibility index (Phi) is 5.56. The third-order valence-electron chi connectivity index (χ3n) is 3.13. The summed E-state index contributed by atoms with van der Waals surface area (Å²) in [6, 6.07) is 4.57. The Morgan fingerprint density at radius 1 is 1.56 bits per heavy atom. The van der Waals surface area contributed by atoms with Crippen molar-refractivity contribution < 1.29 is 4.74 Å². The molecule has 0 spiro atoms. The summed E-state index contributed by atoms with van der Waals surface area (Å²) < 4.78 is 6.58. The fraction of sp³-hybridized carbons (Fsp3) is 0.615. The van der Waals surface area contributed by atoms with Crippen molar-refractivity contribution in [2.75, 3.05) is 32.8 Å². The number of rotatable bonds is 5. The summed E-state index contributed by atoms with van der Waals surface area (Å²) in [5, 5.41) is 3.39. The van der Waals surface area contributed by atoms with Gasteiger partial charge in [0.1, 0.15) is 0 Å². The fourth-order valence-corrected chi connectivity index (χ4v) is 2.34. The van der Waals surface area contributed by atoms with E-state index in [2.05, 4.69) is 44.1 Å². The maximum atomic E-state index is 5.56. The van der Waals surface area contributed by atoms with Gasteiger partial charge in [-0.3, -0.25) is 9.88 Å². The Bertz CT molecular complexity index is 358. The topological polar surface area (TPSA) is 37.4 Å². The van der Waals surface area contributed by atoms with Crippen LogP contribution in [-0.4, -0.2) is 48.8 Å². The molecule has 1 N–H and O–H groups in total. The molecule has 1 fully saturated rings. The summed E-state index contributed by atoms with van der Waals surface area (Å²) in [4.78, 5) is 6.88. The SMILES string of the molecule is CCNCC1COCCN1Cc1ccc(Br)cn1. The summed E-state index contributed by atoms with van der Waals surface area (Å²) in [7, 11) is 0. The Balaban J connectivity index is 1.94. The lowest BCUT2D eigenvalue weighted by Crippen LogP contribution is -2.49. The first-order valence-electron chi connectivity index (χ1n) is 6.42. The smallest absolute Gasteiger partial charge is 0.0635 e. The van der Waals surface area contributed by atoms with Crippen molar-refractivity contribution in [3.05, 3.63) is 28.5 Å². The molecule has 4 nitrogen and oxygen atoms in total. The molecule has 5 heteroatoms. The van der Waals surface area contributed by atoms with Crippen LogP contribution in [0.3, 0.4) is 0 Å². The number of halogens is 1. The number of pyridine rings is 1. The summed E-state index contributed by atoms with van der Waals surface area (Å²) >= 11 is 3.41. The molecule has 0 saturated carbocycles. The van der Waals surface area contributed by atoms with Gasteiger partial charge in [0.25, 0.3) is 0 Å². The standard InChI is InChI=1S/C13H20BrN3O/c1-2-15-8-13-10-18-6-5-17(13)9-12-4-3-11(14)7-16-12/h3-4,7,13,15H,2,5-6,8-10H2,1H3. The number of nitrogens with zero attached hydrogens (tertiary/aromatic N) is 2. The molecule has 0 bridgehead atoms. The highest BCUT2D eigenvalue weighted by atomic mass is 79.9. The van der Waals surface area contributed by atoms with Crippen LogP contribution in [0.5, 0.6) is 0 Å². The zero-order chi connectivity index (χ0) is 12.8. The summed E-state index contributed by atoms with van der Waals surface area (Å²) in [6.07, 6.45) is 1.86. The predicted octanol–water partition coefficient (Wildman–Crippen LogP) is 1.65. The van der Waals surface area contributed by atoms with Crippen molar-refractivity contribution >= 4 is 15.9 Å². The highest BCUT2D eigenvalue weighted by Gasteiger charge is 2.22. The molecule has 1 aromatic rings. The lowest BCUT2D eigenvalue weighted by molar-refractivity contribution is -0.0112. The largest absolute Gasteiger partial charge is 0.378 e. The van der Waals surface area contributed by atoms with Crippen molar-refractivity contribution in [1.82, 2.24) is 15.2 Å². The van der Waals surface area contributed by atoms with Gasteiger partial charge in [-0.15, -0.1) is 0 Å². The molecule has 2 heterocycles. The highest BCUT2D eigenvalue weighted by Crippen LogP contribution is 2.13. The Morgan fingerprint density at radius 2 is 2.44 bits per heavy atom. The molecule has 0 aliphatic carbocycles. The summed E-state index contributed by atoms with van der Waals surface area (Å²) in [5.41, 5.74) is 1.11. The van der Waals surface area contributed by atoms with Crippen molar-refractivity contribution in [3.8, 4) is 0 Å². The number of ether oxygens (including phenoxy) is 1. The Morgan fingerprint density at radius 3 is 3.17 bits per heavy atom. The van der Waals surface area contributed by atoms with Gasteiger partial charge >= 0.3 is 0 Å². The normalized spacial score (nSPS) is 21.1. The summed E-state index contributed by atoms with van der Waals surface area (Å²) in [5.74, 6) is 0. The van der Waals surface area contributed by atoms with Crippen molar-refractivity contribution in [1.29, 1.82) is 0 Å². The second kappa shape index (κ2) is 7.19. The molecule has 0 radical (unpaired) electrons. The molecule has 1 aromatic heterocycles. The number of hydrogen-bond acceptors (Lipinski definition) is 4. The van der Waals surface area contributed by atoms with Crippen molar-refractivity contribution in [2.45, 2.75) is 19.5 Å². The van der Waals surface area contributed by atoms with Crippen LogP contribution in [0.1, 0.15) is 12.6 Å². The van der Waals surface area contributed by atoms with Crippen LogP contribution >= 0.6 is 15.9 Å². The Hall–Kier alpha value is -0.490. The second-order valence-corrected chi connectivity index (χ2v) is 5.39. The van der Waals surface area contributed by atoms with Crippen molar-refractivity contribution in [3.63, 3.8) is 0 Å². The van der Waals surface area contributed by atoms with E-state index in [9.17, 15) is 0 Å². The van der Waals surface area contributed by atoms with Crippen LogP contribution in [0, 0.1) is 0 Å². The third kappa shape index (κ3) is 4.02. The van der Waals surface area contributed by atoms with Gasteiger partial charge in [0.05, 0.1) is 18.9 Å². The van der Waals surface area contributed by atoms with Crippen LogP contribution in [0.4, 0.5) is 0 Å². The maximum absolute atomic E-state index is 5.56. The van der Waals surface area contributed by atoms with Gasteiger partial charge in [-0.1, -0.05) is 6.92 Å². The minimum Gasteiger partial charge on any atom is -0.378 e. The monoisotopic (exact) mass is 313 g/mol. The molecular formula is C13H20BrN3O. The van der Waals surface area contributed by atoms with Gasteiger partial charge in [0.2, 0.25) is 0 Å². The van der Waals surface area contributed by atoms with Crippen LogP contribution < -0.4 is 5.32 Å². The molecule has 2 rings (SSSR count). The molecule has 1 aliphatic rings. The van der Waals surface area contributed by atoms with Gasteiger partial charge in [-0.05, 0) is 34.6 Å². The lowest BCUT2D eigenvalue weighted by Gasteiger charge is -2.35. The predicted molar refractivity (Wildman–Crippen MR) is 75.5 cm³/mol. The number of nitrogens with one attached hydrogen (secondary N) is 1. The molecule has 1 saturated heterocycles. The average Bonchev–Trinajstić information content (AvgIpc) is 2.40. The first kappa shape index (κ1) is 13.9. The van der Waals surface area contributed by atoms with E-state index in [-0.39, 0.29) is 0 Å². The van der Waals surface area contributed by atoms with Gasteiger partial charge in [-0.2, -0.15) is 0 Å². The first-order chi connectivity index (χ1) is 8.79. The van der Waals surface area contributed by atoms with Crippen LogP contribution in [0.2, 0.25) is 0 Å². The number of likely N-dealkylation sites (N-methyl/N-ethyl adjacent to an activating group) is 1. The molecule has 1 unspecified atom stereocenters. The van der Waals surface area contributed by atoms with E-state index in [1.54, 1.807) is 0 Å². The molecule has 1 atom stereocenters. The molecular weight excluding hydrogens is 294 g/mol. The molecule has 0 aromatic carbocycles. The van der Waals surface area contributed by atoms with E-state index in [0.29, 0.717) is 6.04 Å². The summed E-state index contributed by atoms with van der Waals surface area (Å²) in [6.45, 7) is 7.61. The van der Waals surface area contributed by atoms with Gasteiger partial charge in [-0.25, -0.2) is 0 Å². The molecule has 18 heavy (non-hydrogen) atoms. The Labute approximate surface area is 117 Å². The van der Waals surface area contributed by atoms with Crippen LogP contribution in [-0.2, 0) is 11.3 Å². The van der Waals surface area contributed by atoms with Crippen LogP contribution in [0.15, 0.2) is 22.8 Å². The average molecular weight is 314 g/mol. The number of aromatic nitrogens is 1. The fourth-order valence-electron chi connectivity index (χ4n) is 2.10. The lowest BCUT2D eigenvalue weighted by atomic mass is 10.2. The number of morpholine rings is 1. The van der Waals surface area contributed by atoms with Crippen LogP contribution in [0.25, 0.3) is 0 Å². The zero-order valence-corrected chi connectivity index (χ0v) is 12.3. The van der Waals surface area contributed by atoms with E-state index in [1.807, 2.05) is 12.3 Å². The van der Waals surface area contributed by atoms with Crippen molar-refractivity contribution in [2.24, 2.45) is 0 Å². The van der Waals surface area contributed by atoms with E-state index < -0.39 is 0 Å². The highest BCUT2D eigenvalue weighted by molar-refractivity contribution is 9.10. The molecule has 100 valence electrons. The van der Waals surface area contributed by atoms with E-state index >= 15 is 0 Å². The van der Waals surface area contributed by atoms with E-state index in [0.717, 1.165) is 49.6 Å². The van der Waals surface area contributed by atoms with Gasteiger partial charge in [0.15, 0.2) is 0 Å². The second-order valence-electron chi connectivity index (χ2n) is 4.47. The third-order valence-corrected chi connectivity index (χ3v) is 3.60. The zero-order valence-electron chi connectivity index (χ0n) is 10.7. The molecule has 0 amide bonds. The van der Waals surface area contributed by atoms with Gasteiger partial charge in [0, 0.05) is 36.3 Å². The minimum absolute atomic E-state index is 0.448. The molecule has 1 aliphatic heterocycles. The maximum Gasteiger partial charge on any atom is 0.0635 e. The van der Waals surface area contributed by atoms with E-state index in [4.69, 9.17) is 4.74 Å². The van der Waals surface area contributed by atoms with E-state index in [1.165, 1.54) is 0 Å². The number of hydrogen-bond donors (Lipinski definition) is 1. The minimum atomic E-state index is 0.448.